The molecule has 1 heterocycles. The van der Waals surface area contributed by atoms with Crippen molar-refractivity contribution >= 4 is 58.2 Å². The maximum Gasteiger partial charge on any atom is 0.407 e. The number of rotatable bonds is 28. The number of carboxylic acids is 1. The molecule has 0 bridgehead atoms. The molecule has 63 heavy (non-hydrogen) atoms. The molecule has 6 amide bonds. The predicted octanol–water partition coefficient (Wildman–Crippen LogP) is 1.63. The van der Waals surface area contributed by atoms with Crippen LogP contribution in [0.2, 0.25) is 0 Å². The van der Waals surface area contributed by atoms with Crippen LogP contribution in [-0.2, 0) is 62.7 Å². The first-order valence-corrected chi connectivity index (χ1v) is 20.9. The number of aryl methyl sites for hydroxylation is 1. The molecule has 0 aliphatic carbocycles. The van der Waals surface area contributed by atoms with E-state index in [1.54, 1.807) is 38.1 Å². The maximum absolute atomic E-state index is 13.1. The van der Waals surface area contributed by atoms with Crippen LogP contribution in [-0.4, -0.2) is 129 Å². The average molecular weight is 882 g/mol. The minimum Gasteiger partial charge on any atom is -0.481 e. The van der Waals surface area contributed by atoms with Gasteiger partial charge in [0.25, 0.3) is 0 Å². The average Bonchev–Trinajstić information content (AvgIpc) is 3.60. The minimum absolute atomic E-state index is 0.0347. The SMILES string of the molecule is CNC(=O)OCc1ccc(NC(=O)C(C)NC(=O)C(NC(=O)CCOCCOCCNC(=O)C(CCC(=O)O)NC(=O)CCn2c(CN(C)NC)cc3ccccc32)C(C)C)cc1. The number of alkyl carbamates (subject to hydrolysis) is 1. The first-order valence-electron chi connectivity index (χ1n) is 20.9. The number of hydrogen-bond donors (Lipinski definition) is 8. The van der Waals surface area contributed by atoms with Crippen molar-refractivity contribution in [3.05, 3.63) is 65.9 Å². The van der Waals surface area contributed by atoms with Gasteiger partial charge in [-0.1, -0.05) is 44.2 Å². The monoisotopic (exact) mass is 881 g/mol. The van der Waals surface area contributed by atoms with Crippen LogP contribution in [0, 0.1) is 5.92 Å². The van der Waals surface area contributed by atoms with Gasteiger partial charge in [0.2, 0.25) is 29.5 Å². The summed E-state index contributed by atoms with van der Waals surface area (Å²) >= 11 is 0. The third kappa shape index (κ3) is 18.4. The summed E-state index contributed by atoms with van der Waals surface area (Å²) in [5, 5.41) is 28.0. The van der Waals surface area contributed by atoms with Crippen molar-refractivity contribution in [3.63, 3.8) is 0 Å². The smallest absolute Gasteiger partial charge is 0.407 e. The van der Waals surface area contributed by atoms with Crippen LogP contribution in [0.4, 0.5) is 10.5 Å². The van der Waals surface area contributed by atoms with E-state index in [1.165, 1.54) is 14.0 Å². The molecule has 0 radical (unpaired) electrons. The molecule has 0 spiro atoms. The molecule has 0 aliphatic rings. The van der Waals surface area contributed by atoms with Gasteiger partial charge in [0.15, 0.2) is 0 Å². The second-order valence-corrected chi connectivity index (χ2v) is 15.0. The van der Waals surface area contributed by atoms with Gasteiger partial charge in [0, 0.05) is 63.3 Å². The number of amides is 6. The van der Waals surface area contributed by atoms with Crippen LogP contribution in [0.1, 0.15) is 57.7 Å². The number of ether oxygens (including phenoxy) is 3. The highest BCUT2D eigenvalue weighted by atomic mass is 16.5. The zero-order chi connectivity index (χ0) is 46.3. The number of anilines is 1. The highest BCUT2D eigenvalue weighted by Crippen LogP contribution is 2.21. The van der Waals surface area contributed by atoms with Crippen molar-refractivity contribution in [2.24, 2.45) is 5.92 Å². The second kappa shape index (κ2) is 27.1. The number of benzene rings is 2. The number of nitrogens with zero attached hydrogens (tertiary/aromatic N) is 2. The highest BCUT2D eigenvalue weighted by molar-refractivity contribution is 5.98. The molecule has 3 unspecified atom stereocenters. The molecule has 3 aromatic rings. The lowest BCUT2D eigenvalue weighted by Crippen LogP contribution is -2.53. The van der Waals surface area contributed by atoms with Crippen LogP contribution in [0.25, 0.3) is 10.9 Å². The van der Waals surface area contributed by atoms with Gasteiger partial charge in [-0.3, -0.25) is 34.2 Å². The molecule has 2 aromatic carbocycles. The zero-order valence-electron chi connectivity index (χ0n) is 36.9. The van der Waals surface area contributed by atoms with E-state index in [0.717, 1.165) is 22.2 Å². The fourth-order valence-corrected chi connectivity index (χ4v) is 6.16. The van der Waals surface area contributed by atoms with Gasteiger partial charge in [-0.15, -0.1) is 0 Å². The first kappa shape index (κ1) is 51.3. The number of carbonyl (C=O) groups excluding carboxylic acids is 6. The lowest BCUT2D eigenvalue weighted by Gasteiger charge is -2.24. The topological polar surface area (TPSA) is 260 Å². The summed E-state index contributed by atoms with van der Waals surface area (Å²) < 4.78 is 18.1. The van der Waals surface area contributed by atoms with E-state index in [2.05, 4.69) is 48.0 Å². The number of hydrazine groups is 1. The molecule has 0 saturated heterocycles. The van der Waals surface area contributed by atoms with Gasteiger partial charge in [-0.25, -0.2) is 9.80 Å². The Hall–Kier alpha value is -6.09. The summed E-state index contributed by atoms with van der Waals surface area (Å²) in [6, 6.07) is 13.7. The van der Waals surface area contributed by atoms with Gasteiger partial charge in [-0.05, 0) is 61.5 Å². The highest BCUT2D eigenvalue weighted by Gasteiger charge is 2.27. The Morgan fingerprint density at radius 3 is 2.13 bits per heavy atom. The standard InChI is InChI=1S/C43H63N9O11/c1-28(2)39(42(59)47-29(3)40(57)48-32-13-11-30(12-14-32)27-63-43(60)44-4)50-37(54)18-21-61-23-24-62-22-19-46-41(58)34(15-16-38(55)56)49-36(53)17-20-52-33(26-51(6)45-5)25-31-9-7-8-10-35(31)52/h7-14,25,28-29,34,39,45H,15-24,26-27H2,1-6H3,(H,44,60)(H,46,58)(H,47,59)(H,48,57)(H,49,53)(H,50,54)(H,55,56). The predicted molar refractivity (Wildman–Crippen MR) is 234 cm³/mol. The number of aromatic nitrogens is 1. The van der Waals surface area contributed by atoms with Crippen LogP contribution >= 0.6 is 0 Å². The molecule has 1 aromatic heterocycles. The summed E-state index contributed by atoms with van der Waals surface area (Å²) in [5.41, 5.74) is 6.24. The summed E-state index contributed by atoms with van der Waals surface area (Å²) in [7, 11) is 5.19. The molecule has 0 aliphatic heterocycles. The largest absolute Gasteiger partial charge is 0.481 e. The zero-order valence-corrected chi connectivity index (χ0v) is 36.9. The fraction of sp³-hybridized carbons (Fsp3) is 0.512. The maximum atomic E-state index is 13.1. The first-order chi connectivity index (χ1) is 30.1. The van der Waals surface area contributed by atoms with Crippen molar-refractivity contribution in [2.75, 3.05) is 59.4 Å². The van der Waals surface area contributed by atoms with Gasteiger partial charge < -0.3 is 55.8 Å². The van der Waals surface area contributed by atoms with E-state index in [-0.39, 0.29) is 77.1 Å². The van der Waals surface area contributed by atoms with Crippen molar-refractivity contribution in [1.82, 2.24) is 41.6 Å². The second-order valence-electron chi connectivity index (χ2n) is 15.0. The van der Waals surface area contributed by atoms with Crippen LogP contribution < -0.4 is 37.3 Å². The number of carbonyl (C=O) groups is 7. The number of aliphatic carboxylic acids is 1. The molecule has 0 saturated carbocycles. The van der Waals surface area contributed by atoms with E-state index < -0.39 is 53.8 Å². The van der Waals surface area contributed by atoms with Crippen molar-refractivity contribution in [2.45, 2.75) is 84.3 Å². The molecule has 20 heteroatoms. The van der Waals surface area contributed by atoms with Crippen LogP contribution in [0.15, 0.2) is 54.6 Å². The molecule has 346 valence electrons. The van der Waals surface area contributed by atoms with Gasteiger partial charge in [0.1, 0.15) is 24.7 Å². The van der Waals surface area contributed by atoms with Crippen molar-refractivity contribution in [3.8, 4) is 0 Å². The minimum atomic E-state index is -1.09. The van der Waals surface area contributed by atoms with E-state index in [0.29, 0.717) is 18.8 Å². The van der Waals surface area contributed by atoms with E-state index >= 15 is 0 Å². The van der Waals surface area contributed by atoms with Gasteiger partial charge >= 0.3 is 12.1 Å². The molecular formula is C43H63N9O11. The van der Waals surface area contributed by atoms with Crippen molar-refractivity contribution < 1.29 is 52.9 Å². The summed E-state index contributed by atoms with van der Waals surface area (Å²) in [5.74, 6) is -3.71. The summed E-state index contributed by atoms with van der Waals surface area (Å²) in [6.45, 7) is 6.63. The van der Waals surface area contributed by atoms with E-state index in [1.807, 2.05) is 43.4 Å². The molecule has 20 nitrogen and oxygen atoms in total. The fourth-order valence-electron chi connectivity index (χ4n) is 6.16. The molecule has 8 N–H and O–H groups in total. The van der Waals surface area contributed by atoms with Crippen molar-refractivity contribution in [1.29, 1.82) is 0 Å². The van der Waals surface area contributed by atoms with Crippen LogP contribution in [0.5, 0.6) is 0 Å². The molecule has 3 atom stereocenters. The number of fused-ring (bicyclic) bond motifs is 1. The molecular weight excluding hydrogens is 819 g/mol. The van der Waals surface area contributed by atoms with Crippen LogP contribution in [0.3, 0.4) is 0 Å². The molecule has 3 rings (SSSR count). The Morgan fingerprint density at radius 2 is 1.46 bits per heavy atom. The summed E-state index contributed by atoms with van der Waals surface area (Å²) in [4.78, 5) is 87.1. The normalized spacial score (nSPS) is 12.6. The Morgan fingerprint density at radius 1 is 0.778 bits per heavy atom. The number of para-hydroxylation sites is 1. The van der Waals surface area contributed by atoms with Gasteiger partial charge in [-0.2, -0.15) is 0 Å². The number of carboxylic acid groups (broad SMARTS) is 1. The lowest BCUT2D eigenvalue weighted by atomic mass is 10.0. The van der Waals surface area contributed by atoms with E-state index in [9.17, 15) is 38.7 Å². The van der Waals surface area contributed by atoms with E-state index in [4.69, 9.17) is 14.2 Å². The third-order valence-electron chi connectivity index (χ3n) is 9.74. The number of nitrogens with one attached hydrogen (secondary N) is 7. The molecule has 0 fully saturated rings. The van der Waals surface area contributed by atoms with Gasteiger partial charge in [0.05, 0.1) is 33.0 Å². The Balaban J connectivity index is 1.34. The lowest BCUT2D eigenvalue weighted by molar-refractivity contribution is -0.138. The Labute approximate surface area is 367 Å². The number of hydrogen-bond acceptors (Lipinski definition) is 12. The quantitative estimate of drug-likeness (QED) is 0.0382. The Bertz CT molecular complexity index is 1970. The summed E-state index contributed by atoms with van der Waals surface area (Å²) in [6.07, 6.45) is -0.923. The Kier molecular flexibility index (Phi) is 22.0. The third-order valence-corrected chi connectivity index (χ3v) is 9.74.